The fourth-order valence-corrected chi connectivity index (χ4v) is 0.815. The molecule has 0 unspecified atom stereocenters. The third kappa shape index (κ3) is 2.51. The summed E-state index contributed by atoms with van der Waals surface area (Å²) in [5, 5.41) is 36.4. The second-order valence-corrected chi connectivity index (χ2v) is 2.88. The van der Waals surface area contributed by atoms with Gasteiger partial charge in [-0.1, -0.05) is 6.58 Å². The molecule has 14 heavy (non-hydrogen) atoms. The molecule has 3 N–H and O–H groups in total. The highest BCUT2D eigenvalue weighted by Gasteiger charge is 2.43. The molecule has 0 saturated carbocycles. The van der Waals surface area contributed by atoms with Gasteiger partial charge in [-0.15, -0.1) is 0 Å². The van der Waals surface area contributed by atoms with Gasteiger partial charge in [-0.25, -0.2) is 4.79 Å². The third-order valence-electron chi connectivity index (χ3n) is 1.82. The fraction of sp³-hybridized carbons (Fsp3) is 0.571. The summed E-state index contributed by atoms with van der Waals surface area (Å²) in [4.78, 5) is 19.9. The van der Waals surface area contributed by atoms with E-state index in [0.29, 0.717) is 0 Å². The second kappa shape index (κ2) is 4.68. The van der Waals surface area contributed by atoms with Crippen LogP contribution in [0.25, 0.3) is 0 Å². The number of rotatable bonds is 6. The number of hydrogen-bond acceptors (Lipinski definition) is 5. The molecular formula is C7H11NO6. The fourth-order valence-electron chi connectivity index (χ4n) is 0.815. The zero-order valence-electron chi connectivity index (χ0n) is 7.34. The largest absolute Gasteiger partial charge is 0.478 e. The minimum absolute atomic E-state index is 0.426. The smallest absolute Gasteiger partial charge is 0.331 e. The SMILES string of the molecule is C=C(CC(CO)(CO)[N+](=O)[O-])C(=O)O. The van der Waals surface area contributed by atoms with Crippen molar-refractivity contribution in [3.63, 3.8) is 0 Å². The maximum absolute atomic E-state index is 10.5. The number of nitrogens with zero attached hydrogens (tertiary/aromatic N) is 1. The standard InChI is InChI=1S/C7H11NO6/c1-5(6(11)12)2-7(3-9,4-10)8(13)14/h9-10H,1-4H2,(H,11,12). The van der Waals surface area contributed by atoms with Gasteiger partial charge >= 0.3 is 5.97 Å². The third-order valence-corrected chi connectivity index (χ3v) is 1.82. The quantitative estimate of drug-likeness (QED) is 0.291. The second-order valence-electron chi connectivity index (χ2n) is 2.88. The van der Waals surface area contributed by atoms with Crippen LogP contribution < -0.4 is 0 Å². The average Bonchev–Trinajstić information content (AvgIpc) is 2.13. The average molecular weight is 205 g/mol. The van der Waals surface area contributed by atoms with E-state index < -0.39 is 41.6 Å². The molecule has 80 valence electrons. The Bertz CT molecular complexity index is 257. The summed E-state index contributed by atoms with van der Waals surface area (Å²) < 4.78 is 0. The molecule has 0 radical (unpaired) electrons. The summed E-state index contributed by atoms with van der Waals surface area (Å²) in [5.74, 6) is -1.39. The summed E-state index contributed by atoms with van der Waals surface area (Å²) in [6.45, 7) is 1.21. The highest BCUT2D eigenvalue weighted by Crippen LogP contribution is 2.18. The van der Waals surface area contributed by atoms with Gasteiger partial charge in [0.25, 0.3) is 5.54 Å². The Labute approximate surface area is 79.4 Å². The van der Waals surface area contributed by atoms with E-state index in [-0.39, 0.29) is 0 Å². The first-order chi connectivity index (χ1) is 6.39. The van der Waals surface area contributed by atoms with Gasteiger partial charge in [0.05, 0.1) is 6.42 Å². The van der Waals surface area contributed by atoms with E-state index in [2.05, 4.69) is 6.58 Å². The van der Waals surface area contributed by atoms with Crippen LogP contribution in [0.3, 0.4) is 0 Å². The number of carbonyl (C=O) groups is 1. The number of carboxylic acid groups (broad SMARTS) is 1. The van der Waals surface area contributed by atoms with Gasteiger partial charge < -0.3 is 15.3 Å². The lowest BCUT2D eigenvalue weighted by Gasteiger charge is -2.20. The molecule has 7 heteroatoms. The molecule has 0 aliphatic carbocycles. The molecule has 0 spiro atoms. The number of hydrogen-bond donors (Lipinski definition) is 3. The van der Waals surface area contributed by atoms with Gasteiger partial charge in [0.2, 0.25) is 0 Å². The maximum Gasteiger partial charge on any atom is 0.331 e. The molecule has 0 rings (SSSR count). The Balaban J connectivity index is 4.76. The van der Waals surface area contributed by atoms with Crippen molar-refractivity contribution in [3.8, 4) is 0 Å². The molecule has 0 aromatic rings. The molecule has 0 atom stereocenters. The molecule has 0 saturated heterocycles. The van der Waals surface area contributed by atoms with Gasteiger partial charge in [-0.3, -0.25) is 10.1 Å². The molecule has 0 amide bonds. The van der Waals surface area contributed by atoms with Crippen molar-refractivity contribution >= 4 is 5.97 Å². The van der Waals surface area contributed by atoms with E-state index >= 15 is 0 Å². The Morgan fingerprint density at radius 2 is 1.86 bits per heavy atom. The summed E-state index contributed by atoms with van der Waals surface area (Å²) in [5.41, 5.74) is -2.49. The topological polar surface area (TPSA) is 121 Å². The lowest BCUT2D eigenvalue weighted by Crippen LogP contribution is -2.46. The van der Waals surface area contributed by atoms with Crippen LogP contribution in [-0.4, -0.2) is 45.0 Å². The Morgan fingerprint density at radius 1 is 1.43 bits per heavy atom. The molecule has 0 aromatic carbocycles. The van der Waals surface area contributed by atoms with Crippen molar-refractivity contribution in [1.29, 1.82) is 0 Å². The first-order valence-electron chi connectivity index (χ1n) is 3.67. The lowest BCUT2D eigenvalue weighted by molar-refractivity contribution is -0.576. The Morgan fingerprint density at radius 3 is 2.07 bits per heavy atom. The minimum atomic E-state index is -2.06. The van der Waals surface area contributed by atoms with Crippen LogP contribution in [0.1, 0.15) is 6.42 Å². The Hall–Kier alpha value is -1.47. The molecule has 0 aromatic heterocycles. The predicted molar refractivity (Wildman–Crippen MR) is 45.3 cm³/mol. The van der Waals surface area contributed by atoms with Crippen molar-refractivity contribution < 1.29 is 25.0 Å². The van der Waals surface area contributed by atoms with Crippen molar-refractivity contribution in [3.05, 3.63) is 22.3 Å². The summed E-state index contributed by atoms with van der Waals surface area (Å²) in [6, 6.07) is 0. The van der Waals surface area contributed by atoms with Crippen LogP contribution in [0.4, 0.5) is 0 Å². The molecule has 0 aliphatic rings. The summed E-state index contributed by atoms with van der Waals surface area (Å²) in [6.07, 6.45) is -0.595. The van der Waals surface area contributed by atoms with Crippen LogP contribution in [-0.2, 0) is 4.79 Å². The van der Waals surface area contributed by atoms with Gasteiger partial charge in [0.15, 0.2) is 0 Å². The van der Waals surface area contributed by atoms with Crippen LogP contribution in [0.2, 0.25) is 0 Å². The Kier molecular flexibility index (Phi) is 4.19. The molecule has 7 nitrogen and oxygen atoms in total. The summed E-state index contributed by atoms with van der Waals surface area (Å²) in [7, 11) is 0. The first kappa shape index (κ1) is 12.5. The molecule has 0 fully saturated rings. The zero-order chi connectivity index (χ0) is 11.4. The summed E-state index contributed by atoms with van der Waals surface area (Å²) >= 11 is 0. The van der Waals surface area contributed by atoms with Crippen LogP contribution in [0.5, 0.6) is 0 Å². The lowest BCUT2D eigenvalue weighted by atomic mass is 9.94. The highest BCUT2D eigenvalue weighted by atomic mass is 16.6. The number of aliphatic hydroxyl groups excluding tert-OH is 2. The van der Waals surface area contributed by atoms with Crippen molar-refractivity contribution in [1.82, 2.24) is 0 Å². The van der Waals surface area contributed by atoms with E-state index in [4.69, 9.17) is 15.3 Å². The van der Waals surface area contributed by atoms with Gasteiger partial charge in [-0.2, -0.15) is 0 Å². The van der Waals surface area contributed by atoms with E-state index in [0.717, 1.165) is 0 Å². The first-order valence-corrected chi connectivity index (χ1v) is 3.67. The van der Waals surface area contributed by atoms with Crippen molar-refractivity contribution in [2.45, 2.75) is 12.0 Å². The van der Waals surface area contributed by atoms with E-state index in [9.17, 15) is 14.9 Å². The predicted octanol–water partition coefficient (Wildman–Crippen LogP) is -0.983. The monoisotopic (exact) mass is 205 g/mol. The number of aliphatic carboxylic acids is 1. The van der Waals surface area contributed by atoms with Crippen LogP contribution in [0.15, 0.2) is 12.2 Å². The van der Waals surface area contributed by atoms with E-state index in [1.807, 2.05) is 0 Å². The van der Waals surface area contributed by atoms with Crippen LogP contribution in [0, 0.1) is 10.1 Å². The zero-order valence-corrected chi connectivity index (χ0v) is 7.34. The van der Waals surface area contributed by atoms with Crippen molar-refractivity contribution in [2.75, 3.05) is 13.2 Å². The van der Waals surface area contributed by atoms with Crippen molar-refractivity contribution in [2.24, 2.45) is 0 Å². The van der Waals surface area contributed by atoms with E-state index in [1.165, 1.54) is 0 Å². The van der Waals surface area contributed by atoms with Gasteiger partial charge in [-0.05, 0) is 0 Å². The number of carboxylic acids is 1. The van der Waals surface area contributed by atoms with Gasteiger partial charge in [0.1, 0.15) is 13.2 Å². The van der Waals surface area contributed by atoms with E-state index in [1.54, 1.807) is 0 Å². The molecule has 0 aliphatic heterocycles. The normalized spacial score (nSPS) is 11.0. The maximum atomic E-state index is 10.5. The molecule has 0 heterocycles. The van der Waals surface area contributed by atoms with Gasteiger partial charge in [0, 0.05) is 10.5 Å². The molecule has 0 bridgehead atoms. The highest BCUT2D eigenvalue weighted by molar-refractivity contribution is 5.85. The number of nitro groups is 1. The number of aliphatic hydroxyl groups is 2. The minimum Gasteiger partial charge on any atom is -0.478 e. The molecular weight excluding hydrogens is 194 g/mol. The van der Waals surface area contributed by atoms with Crippen LogP contribution >= 0.6 is 0 Å².